The van der Waals surface area contributed by atoms with E-state index in [0.29, 0.717) is 0 Å². The van der Waals surface area contributed by atoms with Crippen LogP contribution < -0.4 is 5.32 Å². The molecule has 0 aromatic carbocycles. The van der Waals surface area contributed by atoms with Crippen LogP contribution in [0.25, 0.3) is 0 Å². The number of thioether (sulfide) groups is 1. The third-order valence-electron chi connectivity index (χ3n) is 2.75. The lowest BCUT2D eigenvalue weighted by Crippen LogP contribution is -2.38. The number of halogens is 1. The third-order valence-corrected chi connectivity index (χ3v) is 5.22. The average molecular weight is 292 g/mol. The summed E-state index contributed by atoms with van der Waals surface area (Å²) < 4.78 is 5.88. The zero-order chi connectivity index (χ0) is 12.1. The summed E-state index contributed by atoms with van der Waals surface area (Å²) in [5.74, 6) is 2.16. The molecule has 1 fully saturated rings. The number of ether oxygens (including phenoxy) is 1. The van der Waals surface area contributed by atoms with Crippen LogP contribution in [0.15, 0.2) is 11.4 Å². The standard InChI is InChI=1S/C12H18ClNOS2/c1-2-4-14-11(10-8-16-7-5-15-10)12-9(13)3-6-17-12/h3,6,10-11,14H,2,4-5,7-8H2,1H3. The zero-order valence-electron chi connectivity index (χ0n) is 9.95. The van der Waals surface area contributed by atoms with Gasteiger partial charge in [0, 0.05) is 16.4 Å². The Kier molecular flexibility index (Phi) is 5.63. The highest BCUT2D eigenvalue weighted by molar-refractivity contribution is 7.99. The Balaban J connectivity index is 2.09. The molecule has 17 heavy (non-hydrogen) atoms. The maximum atomic E-state index is 6.24. The van der Waals surface area contributed by atoms with Gasteiger partial charge in [-0.1, -0.05) is 18.5 Å². The molecule has 2 heterocycles. The Labute approximate surface area is 116 Å². The molecular weight excluding hydrogens is 274 g/mol. The van der Waals surface area contributed by atoms with Crippen molar-refractivity contribution in [3.63, 3.8) is 0 Å². The van der Waals surface area contributed by atoms with E-state index in [0.717, 1.165) is 36.1 Å². The quantitative estimate of drug-likeness (QED) is 0.896. The zero-order valence-corrected chi connectivity index (χ0v) is 12.3. The van der Waals surface area contributed by atoms with E-state index in [4.69, 9.17) is 16.3 Å². The van der Waals surface area contributed by atoms with E-state index in [-0.39, 0.29) is 12.1 Å². The fourth-order valence-corrected chi connectivity index (χ4v) is 4.12. The van der Waals surface area contributed by atoms with Gasteiger partial charge >= 0.3 is 0 Å². The van der Waals surface area contributed by atoms with Gasteiger partial charge in [-0.25, -0.2) is 0 Å². The fraction of sp³-hybridized carbons (Fsp3) is 0.667. The third kappa shape index (κ3) is 3.61. The van der Waals surface area contributed by atoms with Crippen LogP contribution >= 0.6 is 34.7 Å². The van der Waals surface area contributed by atoms with Crippen LogP contribution in [0.4, 0.5) is 0 Å². The predicted molar refractivity (Wildman–Crippen MR) is 77.4 cm³/mol. The summed E-state index contributed by atoms with van der Waals surface area (Å²) in [5.41, 5.74) is 0. The molecule has 1 aromatic rings. The van der Waals surface area contributed by atoms with Gasteiger partial charge in [0.05, 0.1) is 23.8 Å². The number of rotatable bonds is 5. The Morgan fingerprint density at radius 2 is 2.53 bits per heavy atom. The lowest BCUT2D eigenvalue weighted by atomic mass is 10.1. The first-order valence-corrected chi connectivity index (χ1v) is 8.39. The van der Waals surface area contributed by atoms with Crippen LogP contribution in [0.5, 0.6) is 0 Å². The number of hydrogen-bond acceptors (Lipinski definition) is 4. The molecule has 1 saturated heterocycles. The monoisotopic (exact) mass is 291 g/mol. The highest BCUT2D eigenvalue weighted by Gasteiger charge is 2.28. The second-order valence-electron chi connectivity index (χ2n) is 4.05. The molecule has 0 amide bonds. The van der Waals surface area contributed by atoms with Crippen molar-refractivity contribution in [1.29, 1.82) is 0 Å². The molecule has 1 aliphatic rings. The number of nitrogens with one attached hydrogen (secondary N) is 1. The van der Waals surface area contributed by atoms with Crippen LogP contribution in [0.2, 0.25) is 5.02 Å². The van der Waals surface area contributed by atoms with Crippen molar-refractivity contribution < 1.29 is 4.74 Å². The molecule has 2 atom stereocenters. The van der Waals surface area contributed by atoms with Crippen molar-refractivity contribution in [2.45, 2.75) is 25.5 Å². The summed E-state index contributed by atoms with van der Waals surface area (Å²) >= 11 is 9.92. The Bertz CT molecular complexity index is 339. The van der Waals surface area contributed by atoms with E-state index in [1.165, 1.54) is 4.88 Å². The van der Waals surface area contributed by atoms with Gasteiger partial charge < -0.3 is 10.1 Å². The Hall–Kier alpha value is 0.260. The summed E-state index contributed by atoms with van der Waals surface area (Å²) in [5, 5.41) is 6.48. The molecule has 2 rings (SSSR count). The molecule has 96 valence electrons. The maximum Gasteiger partial charge on any atom is 0.0868 e. The van der Waals surface area contributed by atoms with E-state index in [9.17, 15) is 0 Å². The summed E-state index contributed by atoms with van der Waals surface area (Å²) in [6.07, 6.45) is 1.37. The smallest absolute Gasteiger partial charge is 0.0868 e. The molecule has 2 unspecified atom stereocenters. The van der Waals surface area contributed by atoms with Crippen molar-refractivity contribution >= 4 is 34.7 Å². The molecule has 1 N–H and O–H groups in total. The van der Waals surface area contributed by atoms with Gasteiger partial charge in [0.2, 0.25) is 0 Å². The first kappa shape index (κ1) is 13.7. The predicted octanol–water partition coefficient (Wildman–Crippen LogP) is 3.57. The van der Waals surface area contributed by atoms with Gasteiger partial charge in [0.25, 0.3) is 0 Å². The lowest BCUT2D eigenvalue weighted by Gasteiger charge is -2.30. The molecule has 0 aliphatic carbocycles. The molecule has 1 aliphatic heterocycles. The van der Waals surface area contributed by atoms with Crippen molar-refractivity contribution in [3.05, 3.63) is 21.3 Å². The first-order valence-electron chi connectivity index (χ1n) is 5.98. The molecule has 0 bridgehead atoms. The fourth-order valence-electron chi connectivity index (χ4n) is 1.92. The average Bonchev–Trinajstić information content (AvgIpc) is 2.78. The lowest BCUT2D eigenvalue weighted by molar-refractivity contribution is 0.0477. The minimum Gasteiger partial charge on any atom is -0.374 e. The second kappa shape index (κ2) is 7.00. The molecular formula is C12H18ClNOS2. The van der Waals surface area contributed by atoms with Gasteiger partial charge in [-0.05, 0) is 24.4 Å². The van der Waals surface area contributed by atoms with E-state index >= 15 is 0 Å². The van der Waals surface area contributed by atoms with Crippen molar-refractivity contribution in [2.24, 2.45) is 0 Å². The van der Waals surface area contributed by atoms with Gasteiger partial charge in [-0.15, -0.1) is 11.3 Å². The number of thiophene rings is 1. The van der Waals surface area contributed by atoms with Gasteiger partial charge in [0.15, 0.2) is 0 Å². The van der Waals surface area contributed by atoms with Crippen molar-refractivity contribution in [2.75, 3.05) is 24.7 Å². The Morgan fingerprint density at radius 3 is 3.12 bits per heavy atom. The normalized spacial score (nSPS) is 22.6. The van der Waals surface area contributed by atoms with Crippen molar-refractivity contribution in [1.82, 2.24) is 5.32 Å². The van der Waals surface area contributed by atoms with Crippen LogP contribution in [0.3, 0.4) is 0 Å². The molecule has 5 heteroatoms. The van der Waals surface area contributed by atoms with E-state index in [1.54, 1.807) is 11.3 Å². The summed E-state index contributed by atoms with van der Waals surface area (Å²) in [7, 11) is 0. The van der Waals surface area contributed by atoms with E-state index < -0.39 is 0 Å². The molecule has 1 aromatic heterocycles. The molecule has 0 saturated carbocycles. The van der Waals surface area contributed by atoms with Crippen LogP contribution in [-0.2, 0) is 4.74 Å². The van der Waals surface area contributed by atoms with Crippen LogP contribution in [0, 0.1) is 0 Å². The molecule has 0 radical (unpaired) electrons. The highest BCUT2D eigenvalue weighted by Crippen LogP contribution is 2.33. The summed E-state index contributed by atoms with van der Waals surface area (Å²) in [4.78, 5) is 1.22. The Morgan fingerprint density at radius 1 is 1.65 bits per heavy atom. The van der Waals surface area contributed by atoms with Crippen LogP contribution in [0.1, 0.15) is 24.3 Å². The van der Waals surface area contributed by atoms with E-state index in [2.05, 4.69) is 12.2 Å². The number of hydrogen-bond donors (Lipinski definition) is 1. The summed E-state index contributed by atoms with van der Waals surface area (Å²) in [6, 6.07) is 2.22. The molecule has 2 nitrogen and oxygen atoms in total. The van der Waals surface area contributed by atoms with E-state index in [1.807, 2.05) is 23.2 Å². The van der Waals surface area contributed by atoms with Crippen LogP contribution in [-0.4, -0.2) is 30.8 Å². The topological polar surface area (TPSA) is 21.3 Å². The van der Waals surface area contributed by atoms with Gasteiger partial charge in [-0.3, -0.25) is 0 Å². The van der Waals surface area contributed by atoms with Crippen molar-refractivity contribution in [3.8, 4) is 0 Å². The molecule has 0 spiro atoms. The summed E-state index contributed by atoms with van der Waals surface area (Å²) in [6.45, 7) is 4.03. The minimum absolute atomic E-state index is 0.246. The highest BCUT2D eigenvalue weighted by atomic mass is 35.5. The van der Waals surface area contributed by atoms with Gasteiger partial charge in [0.1, 0.15) is 0 Å². The second-order valence-corrected chi connectivity index (χ2v) is 6.55. The largest absolute Gasteiger partial charge is 0.374 e. The first-order chi connectivity index (χ1) is 8.33. The van der Waals surface area contributed by atoms with Gasteiger partial charge in [-0.2, -0.15) is 11.8 Å². The maximum absolute atomic E-state index is 6.24. The minimum atomic E-state index is 0.246. The SMILES string of the molecule is CCCNC(c1sccc1Cl)C1CSCCO1.